The summed E-state index contributed by atoms with van der Waals surface area (Å²) >= 11 is 0. The molecular weight excluding hydrogens is 200 g/mol. The molecule has 1 unspecified atom stereocenters. The zero-order valence-electron chi connectivity index (χ0n) is 8.62. The highest BCUT2D eigenvalue weighted by Gasteiger charge is 2.40. The van der Waals surface area contributed by atoms with Gasteiger partial charge in [-0.15, -0.1) is 0 Å². The van der Waals surface area contributed by atoms with Crippen molar-refractivity contribution in [3.05, 3.63) is 0 Å². The Balaban J connectivity index is 2.01. The molecule has 0 aromatic rings. The van der Waals surface area contributed by atoms with Crippen LogP contribution in [0.5, 0.6) is 0 Å². The molecule has 3 amide bonds. The molecule has 0 saturated carbocycles. The summed E-state index contributed by atoms with van der Waals surface area (Å²) in [6.07, 6.45) is 0.751. The van der Waals surface area contributed by atoms with Crippen molar-refractivity contribution in [2.75, 3.05) is 33.4 Å². The first kappa shape index (κ1) is 10.4. The van der Waals surface area contributed by atoms with Crippen molar-refractivity contribution in [3.8, 4) is 0 Å². The lowest BCUT2D eigenvalue weighted by Gasteiger charge is -2.29. The third kappa shape index (κ3) is 1.95. The van der Waals surface area contributed by atoms with Gasteiger partial charge in [0.25, 0.3) is 0 Å². The Morgan fingerprint density at radius 1 is 1.60 bits per heavy atom. The highest BCUT2D eigenvalue weighted by molar-refractivity contribution is 6.01. The summed E-state index contributed by atoms with van der Waals surface area (Å²) in [5, 5.41) is 2.23. The van der Waals surface area contributed by atoms with Gasteiger partial charge in [-0.2, -0.15) is 0 Å². The van der Waals surface area contributed by atoms with Crippen LogP contribution in [0.15, 0.2) is 0 Å². The molecule has 2 rings (SSSR count). The van der Waals surface area contributed by atoms with Gasteiger partial charge < -0.3 is 14.4 Å². The molecule has 6 heteroatoms. The second kappa shape index (κ2) is 3.79. The van der Waals surface area contributed by atoms with Gasteiger partial charge >= 0.3 is 6.03 Å². The molecule has 6 nitrogen and oxygen atoms in total. The van der Waals surface area contributed by atoms with Gasteiger partial charge in [0.1, 0.15) is 12.1 Å². The standard InChI is InChI=1S/C9H14N2O4/c1-14-9(2-3-15-6-9)5-11-4-7(12)10-8(11)13/h2-6H2,1H3,(H,10,12,13). The summed E-state index contributed by atoms with van der Waals surface area (Å²) in [7, 11) is 1.60. The number of amides is 3. The largest absolute Gasteiger partial charge is 0.378 e. The van der Waals surface area contributed by atoms with Crippen LogP contribution in [0.1, 0.15) is 6.42 Å². The van der Waals surface area contributed by atoms with Crippen molar-refractivity contribution in [2.24, 2.45) is 0 Å². The van der Waals surface area contributed by atoms with E-state index in [1.165, 1.54) is 4.90 Å². The Morgan fingerprint density at radius 2 is 2.40 bits per heavy atom. The van der Waals surface area contributed by atoms with Crippen molar-refractivity contribution in [1.82, 2.24) is 10.2 Å². The fraction of sp³-hybridized carbons (Fsp3) is 0.778. The van der Waals surface area contributed by atoms with Gasteiger partial charge in [0.2, 0.25) is 5.91 Å². The summed E-state index contributed by atoms with van der Waals surface area (Å²) in [5.41, 5.74) is -0.443. The van der Waals surface area contributed by atoms with Crippen LogP contribution in [0.2, 0.25) is 0 Å². The molecule has 2 heterocycles. The predicted octanol–water partition coefficient (Wildman–Crippen LogP) is -0.656. The maximum absolute atomic E-state index is 11.3. The quantitative estimate of drug-likeness (QED) is 0.633. The molecule has 0 aromatic heterocycles. The number of ether oxygens (including phenoxy) is 2. The molecule has 2 fully saturated rings. The number of imide groups is 1. The van der Waals surface area contributed by atoms with E-state index in [0.29, 0.717) is 19.8 Å². The van der Waals surface area contributed by atoms with E-state index in [4.69, 9.17) is 9.47 Å². The summed E-state index contributed by atoms with van der Waals surface area (Å²) in [5.74, 6) is -0.259. The number of hydrogen-bond donors (Lipinski definition) is 1. The van der Waals surface area contributed by atoms with Crippen LogP contribution in [0.4, 0.5) is 4.79 Å². The normalized spacial score (nSPS) is 31.1. The first-order valence-corrected chi connectivity index (χ1v) is 4.87. The van der Waals surface area contributed by atoms with E-state index in [2.05, 4.69) is 5.32 Å². The lowest BCUT2D eigenvalue weighted by atomic mass is 10.0. The van der Waals surface area contributed by atoms with Crippen molar-refractivity contribution >= 4 is 11.9 Å². The third-order valence-corrected chi connectivity index (χ3v) is 2.85. The lowest BCUT2D eigenvalue weighted by Crippen LogP contribution is -2.46. The third-order valence-electron chi connectivity index (χ3n) is 2.85. The van der Waals surface area contributed by atoms with E-state index in [1.807, 2.05) is 0 Å². The molecule has 1 N–H and O–H groups in total. The maximum Gasteiger partial charge on any atom is 0.324 e. The summed E-state index contributed by atoms with van der Waals surface area (Å²) < 4.78 is 10.6. The highest BCUT2D eigenvalue weighted by Crippen LogP contribution is 2.24. The van der Waals surface area contributed by atoms with Crippen molar-refractivity contribution in [1.29, 1.82) is 0 Å². The Hall–Kier alpha value is -1.14. The number of rotatable bonds is 3. The number of carbonyl (C=O) groups is 2. The predicted molar refractivity (Wildman–Crippen MR) is 50.3 cm³/mol. The molecule has 2 saturated heterocycles. The molecule has 15 heavy (non-hydrogen) atoms. The molecule has 1 atom stereocenters. The molecule has 0 spiro atoms. The Kier molecular flexibility index (Phi) is 2.62. The van der Waals surface area contributed by atoms with Gasteiger partial charge in [0, 0.05) is 20.1 Å². The number of nitrogens with zero attached hydrogens (tertiary/aromatic N) is 1. The summed E-state index contributed by atoms with van der Waals surface area (Å²) in [6, 6.07) is -0.344. The monoisotopic (exact) mass is 214 g/mol. The maximum atomic E-state index is 11.3. The van der Waals surface area contributed by atoms with Crippen LogP contribution in [0, 0.1) is 0 Å². The minimum Gasteiger partial charge on any atom is -0.378 e. The molecule has 0 aromatic carbocycles. The van der Waals surface area contributed by atoms with Crippen molar-refractivity contribution < 1.29 is 19.1 Å². The fourth-order valence-electron chi connectivity index (χ4n) is 1.90. The molecule has 0 bridgehead atoms. The summed E-state index contributed by atoms with van der Waals surface area (Å²) in [6.45, 7) is 1.63. The van der Waals surface area contributed by atoms with E-state index in [9.17, 15) is 9.59 Å². The van der Waals surface area contributed by atoms with Gasteiger partial charge in [-0.1, -0.05) is 0 Å². The number of carbonyl (C=O) groups excluding carboxylic acids is 2. The minimum absolute atomic E-state index is 0.115. The van der Waals surface area contributed by atoms with Gasteiger partial charge in [0.05, 0.1) is 13.2 Å². The number of nitrogens with one attached hydrogen (secondary N) is 1. The van der Waals surface area contributed by atoms with E-state index in [0.717, 1.165) is 6.42 Å². The second-order valence-corrected chi connectivity index (χ2v) is 3.90. The average molecular weight is 214 g/mol. The zero-order chi connectivity index (χ0) is 10.9. The molecule has 0 radical (unpaired) electrons. The van der Waals surface area contributed by atoms with E-state index < -0.39 is 5.60 Å². The zero-order valence-corrected chi connectivity index (χ0v) is 8.62. The Morgan fingerprint density at radius 3 is 2.87 bits per heavy atom. The molecule has 0 aliphatic carbocycles. The Labute approximate surface area is 87.5 Å². The van der Waals surface area contributed by atoms with Gasteiger partial charge in [-0.25, -0.2) is 4.79 Å². The van der Waals surface area contributed by atoms with Crippen LogP contribution in [-0.2, 0) is 14.3 Å². The van der Waals surface area contributed by atoms with E-state index >= 15 is 0 Å². The topological polar surface area (TPSA) is 67.9 Å². The highest BCUT2D eigenvalue weighted by atomic mass is 16.5. The van der Waals surface area contributed by atoms with E-state index in [1.54, 1.807) is 7.11 Å². The van der Waals surface area contributed by atoms with Gasteiger partial charge in [0.15, 0.2) is 0 Å². The summed E-state index contributed by atoms with van der Waals surface area (Å²) in [4.78, 5) is 23.8. The van der Waals surface area contributed by atoms with Crippen molar-refractivity contribution in [3.63, 3.8) is 0 Å². The molecular formula is C9H14N2O4. The smallest absolute Gasteiger partial charge is 0.324 e. The van der Waals surface area contributed by atoms with Crippen LogP contribution in [0.25, 0.3) is 0 Å². The van der Waals surface area contributed by atoms with Crippen LogP contribution in [0.3, 0.4) is 0 Å². The van der Waals surface area contributed by atoms with Gasteiger partial charge in [-0.3, -0.25) is 10.1 Å². The molecule has 84 valence electrons. The second-order valence-electron chi connectivity index (χ2n) is 3.90. The number of methoxy groups -OCH3 is 1. The number of hydrogen-bond acceptors (Lipinski definition) is 4. The minimum atomic E-state index is -0.443. The first-order chi connectivity index (χ1) is 7.15. The van der Waals surface area contributed by atoms with Crippen LogP contribution >= 0.6 is 0 Å². The number of urea groups is 1. The van der Waals surface area contributed by atoms with Crippen LogP contribution in [-0.4, -0.2) is 55.9 Å². The first-order valence-electron chi connectivity index (χ1n) is 4.87. The fourth-order valence-corrected chi connectivity index (χ4v) is 1.90. The molecule has 2 aliphatic heterocycles. The van der Waals surface area contributed by atoms with Crippen LogP contribution < -0.4 is 5.32 Å². The van der Waals surface area contributed by atoms with E-state index in [-0.39, 0.29) is 18.5 Å². The molecule has 2 aliphatic rings. The van der Waals surface area contributed by atoms with Crippen molar-refractivity contribution in [2.45, 2.75) is 12.0 Å². The van der Waals surface area contributed by atoms with Gasteiger partial charge in [-0.05, 0) is 0 Å². The Bertz CT molecular complexity index is 286. The SMILES string of the molecule is COC1(CN2CC(=O)NC2=O)CCOC1. The lowest BCUT2D eigenvalue weighted by molar-refractivity contribution is -0.118. The average Bonchev–Trinajstić information content (AvgIpc) is 2.76.